The van der Waals surface area contributed by atoms with Crippen LogP contribution >= 0.6 is 0 Å². The lowest BCUT2D eigenvalue weighted by molar-refractivity contribution is 0.0301. The third kappa shape index (κ3) is 2.86. The maximum atomic E-state index is 13.2. The second-order valence-electron chi connectivity index (χ2n) is 6.58. The number of benzene rings is 1. The number of morpholine rings is 1. The van der Waals surface area contributed by atoms with Crippen LogP contribution in [0.5, 0.6) is 0 Å². The zero-order chi connectivity index (χ0) is 18.1. The number of hydrogen-bond acceptors (Lipinski definition) is 4. The van der Waals surface area contributed by atoms with E-state index in [-0.39, 0.29) is 22.8 Å². The number of rotatable bonds is 2. The normalized spacial score (nSPS) is 17.1. The molecule has 0 unspecified atom stereocenters. The van der Waals surface area contributed by atoms with Crippen molar-refractivity contribution in [3.8, 4) is 5.69 Å². The molecule has 1 aromatic carbocycles. The third-order valence-corrected chi connectivity index (χ3v) is 4.96. The molecule has 0 N–H and O–H groups in total. The van der Waals surface area contributed by atoms with Crippen molar-refractivity contribution in [3.05, 3.63) is 63.6 Å². The minimum absolute atomic E-state index is 0.00745. The number of nitrogens with zero attached hydrogens (tertiary/aromatic N) is 2. The highest BCUT2D eigenvalue weighted by molar-refractivity contribution is 6.02. The van der Waals surface area contributed by atoms with Crippen molar-refractivity contribution < 1.29 is 14.3 Å². The highest BCUT2D eigenvalue weighted by Gasteiger charge is 2.28. The topological polar surface area (TPSA) is 68.6 Å². The third-order valence-electron chi connectivity index (χ3n) is 4.96. The van der Waals surface area contributed by atoms with Crippen molar-refractivity contribution in [3.63, 3.8) is 0 Å². The number of pyridine rings is 1. The fourth-order valence-corrected chi connectivity index (χ4v) is 3.63. The molecule has 6 nitrogen and oxygen atoms in total. The molecule has 0 radical (unpaired) electrons. The van der Waals surface area contributed by atoms with Crippen molar-refractivity contribution in [1.29, 1.82) is 0 Å². The van der Waals surface area contributed by atoms with Gasteiger partial charge in [0.15, 0.2) is 5.78 Å². The summed E-state index contributed by atoms with van der Waals surface area (Å²) in [5, 5.41) is 0. The van der Waals surface area contributed by atoms with E-state index in [9.17, 15) is 14.4 Å². The molecule has 1 fully saturated rings. The Morgan fingerprint density at radius 2 is 1.73 bits per heavy atom. The summed E-state index contributed by atoms with van der Waals surface area (Å²) < 4.78 is 6.83. The maximum Gasteiger partial charge on any atom is 0.268 e. The average molecular weight is 352 g/mol. The molecule has 1 aromatic heterocycles. The summed E-state index contributed by atoms with van der Waals surface area (Å²) in [4.78, 5) is 40.2. The molecule has 134 valence electrons. The summed E-state index contributed by atoms with van der Waals surface area (Å²) in [6.07, 6.45) is 1.82. The van der Waals surface area contributed by atoms with Crippen LogP contribution in [0.15, 0.2) is 41.2 Å². The first-order chi connectivity index (χ1) is 12.7. The van der Waals surface area contributed by atoms with Crippen LogP contribution in [0.4, 0.5) is 0 Å². The molecular weight excluding hydrogens is 332 g/mol. The number of ketones is 1. The first-order valence-corrected chi connectivity index (χ1v) is 8.91. The molecule has 6 heteroatoms. The highest BCUT2D eigenvalue weighted by Crippen LogP contribution is 2.24. The van der Waals surface area contributed by atoms with Gasteiger partial charge >= 0.3 is 0 Å². The first kappa shape index (κ1) is 16.7. The maximum absolute atomic E-state index is 13.2. The Balaban J connectivity index is 1.90. The van der Waals surface area contributed by atoms with Crippen molar-refractivity contribution in [2.24, 2.45) is 0 Å². The van der Waals surface area contributed by atoms with E-state index in [2.05, 4.69) is 0 Å². The Morgan fingerprint density at radius 3 is 2.46 bits per heavy atom. The summed E-state index contributed by atoms with van der Waals surface area (Å²) in [6, 6.07) is 10.7. The Hall–Kier alpha value is -2.73. The number of Topliss-reactive ketones (excluding diaryl/α,β-unsaturated/α-hetero) is 1. The summed E-state index contributed by atoms with van der Waals surface area (Å²) in [6.45, 7) is 1.83. The van der Waals surface area contributed by atoms with E-state index in [1.54, 1.807) is 9.47 Å². The van der Waals surface area contributed by atoms with Crippen molar-refractivity contribution >= 4 is 11.7 Å². The molecule has 2 aliphatic rings. The van der Waals surface area contributed by atoms with Crippen LogP contribution in [-0.2, 0) is 11.2 Å². The lowest BCUT2D eigenvalue weighted by atomic mass is 9.92. The number of hydrogen-bond donors (Lipinski definition) is 0. The van der Waals surface area contributed by atoms with Crippen LogP contribution in [-0.4, -0.2) is 47.5 Å². The van der Waals surface area contributed by atoms with Gasteiger partial charge in [0.1, 0.15) is 5.56 Å². The molecule has 0 atom stereocenters. The predicted octanol–water partition coefficient (Wildman–Crippen LogP) is 1.83. The lowest BCUT2D eigenvalue weighted by Crippen LogP contribution is -2.44. The molecule has 0 saturated carbocycles. The van der Waals surface area contributed by atoms with Gasteiger partial charge in [0, 0.05) is 36.5 Å². The monoisotopic (exact) mass is 352 g/mol. The molecule has 2 heterocycles. The van der Waals surface area contributed by atoms with Crippen LogP contribution in [0, 0.1) is 0 Å². The zero-order valence-electron chi connectivity index (χ0n) is 14.4. The van der Waals surface area contributed by atoms with Gasteiger partial charge < -0.3 is 9.64 Å². The standard InChI is InChI=1S/C20H20N2O4/c23-18-8-4-7-17-15(18)13-16(19(24)21-9-11-26-12-10-21)20(25)22(17)14-5-2-1-3-6-14/h1-3,5-6,13H,4,7-12H2. The number of aromatic nitrogens is 1. The van der Waals surface area contributed by atoms with Gasteiger partial charge in [-0.3, -0.25) is 19.0 Å². The zero-order valence-corrected chi connectivity index (χ0v) is 14.4. The van der Waals surface area contributed by atoms with E-state index in [1.165, 1.54) is 6.07 Å². The van der Waals surface area contributed by atoms with Crippen molar-refractivity contribution in [1.82, 2.24) is 9.47 Å². The molecule has 1 amide bonds. The quantitative estimate of drug-likeness (QED) is 0.827. The van der Waals surface area contributed by atoms with Crippen LogP contribution in [0.25, 0.3) is 5.69 Å². The summed E-state index contributed by atoms with van der Waals surface area (Å²) in [5.74, 6) is -0.337. The number of para-hydroxylation sites is 1. The summed E-state index contributed by atoms with van der Waals surface area (Å²) >= 11 is 0. The first-order valence-electron chi connectivity index (χ1n) is 8.91. The van der Waals surface area contributed by atoms with E-state index in [0.717, 1.165) is 6.42 Å². The van der Waals surface area contributed by atoms with E-state index in [0.29, 0.717) is 56.1 Å². The second kappa shape index (κ2) is 6.88. The molecule has 1 saturated heterocycles. The van der Waals surface area contributed by atoms with E-state index >= 15 is 0 Å². The smallest absolute Gasteiger partial charge is 0.268 e. The Kier molecular flexibility index (Phi) is 4.42. The second-order valence-corrected chi connectivity index (χ2v) is 6.58. The molecular formula is C20H20N2O4. The SMILES string of the molecule is O=C1CCCc2c1cc(C(=O)N1CCOCC1)c(=O)n2-c1ccccc1. The van der Waals surface area contributed by atoms with Crippen LogP contribution in [0.2, 0.25) is 0 Å². The van der Waals surface area contributed by atoms with Gasteiger partial charge in [-0.1, -0.05) is 18.2 Å². The van der Waals surface area contributed by atoms with E-state index in [1.807, 2.05) is 30.3 Å². The number of fused-ring (bicyclic) bond motifs is 1. The Labute approximate surface area is 151 Å². The van der Waals surface area contributed by atoms with Crippen LogP contribution in [0.3, 0.4) is 0 Å². The van der Waals surface area contributed by atoms with Gasteiger partial charge in [0.05, 0.1) is 13.2 Å². The average Bonchev–Trinajstić information content (AvgIpc) is 2.69. The van der Waals surface area contributed by atoms with Crippen LogP contribution < -0.4 is 5.56 Å². The molecule has 0 bridgehead atoms. The Morgan fingerprint density at radius 1 is 1.00 bits per heavy atom. The van der Waals surface area contributed by atoms with Gasteiger partial charge in [0.2, 0.25) is 0 Å². The number of carbonyl (C=O) groups excluding carboxylic acids is 2. The Bertz CT molecular complexity index is 911. The fourth-order valence-electron chi connectivity index (χ4n) is 3.63. The van der Waals surface area contributed by atoms with Gasteiger partial charge in [-0.2, -0.15) is 0 Å². The van der Waals surface area contributed by atoms with Gasteiger partial charge in [0.25, 0.3) is 11.5 Å². The molecule has 1 aliphatic heterocycles. The molecule has 26 heavy (non-hydrogen) atoms. The minimum atomic E-state index is -0.360. The van der Waals surface area contributed by atoms with E-state index in [4.69, 9.17) is 4.74 Å². The van der Waals surface area contributed by atoms with E-state index < -0.39 is 0 Å². The summed E-state index contributed by atoms with van der Waals surface area (Å²) in [7, 11) is 0. The number of ether oxygens (including phenoxy) is 1. The lowest BCUT2D eigenvalue weighted by Gasteiger charge is -2.28. The van der Waals surface area contributed by atoms with Gasteiger partial charge in [-0.15, -0.1) is 0 Å². The number of carbonyl (C=O) groups is 2. The van der Waals surface area contributed by atoms with Crippen LogP contribution in [0.1, 0.15) is 39.3 Å². The molecule has 2 aromatic rings. The van der Waals surface area contributed by atoms with Crippen molar-refractivity contribution in [2.45, 2.75) is 19.3 Å². The fraction of sp³-hybridized carbons (Fsp3) is 0.350. The molecule has 1 aliphatic carbocycles. The molecule has 4 rings (SSSR count). The van der Waals surface area contributed by atoms with Gasteiger partial charge in [-0.05, 0) is 31.0 Å². The predicted molar refractivity (Wildman–Crippen MR) is 96.0 cm³/mol. The minimum Gasteiger partial charge on any atom is -0.378 e. The largest absolute Gasteiger partial charge is 0.378 e. The number of amides is 1. The highest BCUT2D eigenvalue weighted by atomic mass is 16.5. The van der Waals surface area contributed by atoms with Gasteiger partial charge in [-0.25, -0.2) is 0 Å². The molecule has 0 spiro atoms. The summed E-state index contributed by atoms with van der Waals surface area (Å²) in [5.41, 5.74) is 1.58. The van der Waals surface area contributed by atoms with Crippen molar-refractivity contribution in [2.75, 3.05) is 26.3 Å².